The normalized spacial score (nSPS) is 10.4. The van der Waals surface area contributed by atoms with Crippen LogP contribution in [-0.4, -0.2) is 29.8 Å². The van der Waals surface area contributed by atoms with Crippen LogP contribution in [0.25, 0.3) is 0 Å². The molecule has 0 atom stereocenters. The van der Waals surface area contributed by atoms with Crippen molar-refractivity contribution in [3.05, 3.63) is 65.0 Å². The molecular weight excluding hydrogens is 344 g/mol. The molecule has 0 saturated carbocycles. The van der Waals surface area contributed by atoms with E-state index in [2.05, 4.69) is 22.1 Å². The van der Waals surface area contributed by atoms with E-state index in [0.29, 0.717) is 16.8 Å². The number of amides is 1. The molecule has 140 valence electrons. The van der Waals surface area contributed by atoms with Crippen LogP contribution in [0.1, 0.15) is 48.0 Å². The van der Waals surface area contributed by atoms with Crippen LogP contribution >= 0.6 is 0 Å². The number of pyridine rings is 1. The Hall–Kier alpha value is -3.33. The second-order valence-corrected chi connectivity index (χ2v) is 6.71. The summed E-state index contributed by atoms with van der Waals surface area (Å²) in [6.07, 6.45) is 1.13. The Morgan fingerprint density at radius 1 is 1.11 bits per heavy atom. The average molecular weight is 366 g/mol. The minimum Gasteiger partial charge on any atom is -0.465 e. The van der Waals surface area contributed by atoms with Crippen LogP contribution in [-0.2, 0) is 16.0 Å². The van der Waals surface area contributed by atoms with E-state index in [-0.39, 0.29) is 6.54 Å². The van der Waals surface area contributed by atoms with Crippen molar-refractivity contribution >= 4 is 12.1 Å². The first-order valence-electron chi connectivity index (χ1n) is 8.39. The number of nitrogens with zero attached hydrogens (tertiary/aromatic N) is 1. The summed E-state index contributed by atoms with van der Waals surface area (Å²) in [6.45, 7) is 5.64. The number of benzene rings is 1. The highest BCUT2D eigenvalue weighted by Gasteiger charge is 2.15. The molecule has 0 spiro atoms. The topological polar surface area (TPSA) is 77.5 Å². The first-order chi connectivity index (χ1) is 12.8. The molecule has 1 amide bonds. The van der Waals surface area contributed by atoms with Gasteiger partial charge in [-0.3, -0.25) is 4.98 Å². The van der Waals surface area contributed by atoms with Crippen molar-refractivity contribution in [2.75, 3.05) is 7.11 Å². The molecule has 0 radical (unpaired) electrons. The predicted molar refractivity (Wildman–Crippen MR) is 101 cm³/mol. The Morgan fingerprint density at radius 2 is 1.81 bits per heavy atom. The molecule has 1 aromatic carbocycles. The second kappa shape index (κ2) is 8.86. The maximum absolute atomic E-state index is 11.7. The van der Waals surface area contributed by atoms with Crippen LogP contribution in [0.3, 0.4) is 0 Å². The molecule has 6 nitrogen and oxygen atoms in total. The third-order valence-electron chi connectivity index (χ3n) is 3.26. The Labute approximate surface area is 158 Å². The number of rotatable bonds is 3. The van der Waals surface area contributed by atoms with E-state index in [1.807, 2.05) is 6.07 Å². The summed E-state index contributed by atoms with van der Waals surface area (Å²) in [5.41, 5.74) is 2.00. The van der Waals surface area contributed by atoms with Gasteiger partial charge in [0.15, 0.2) is 0 Å². The lowest BCUT2D eigenvalue weighted by Crippen LogP contribution is -2.32. The summed E-state index contributed by atoms with van der Waals surface area (Å²) in [4.78, 5) is 27.5. The van der Waals surface area contributed by atoms with Gasteiger partial charge in [0.25, 0.3) is 0 Å². The van der Waals surface area contributed by atoms with Gasteiger partial charge < -0.3 is 14.8 Å². The number of aromatic nitrogens is 1. The summed E-state index contributed by atoms with van der Waals surface area (Å²) >= 11 is 0. The van der Waals surface area contributed by atoms with E-state index < -0.39 is 17.7 Å². The van der Waals surface area contributed by atoms with Crippen molar-refractivity contribution < 1.29 is 19.1 Å². The molecule has 2 rings (SSSR count). The average Bonchev–Trinajstić information content (AvgIpc) is 2.63. The molecule has 27 heavy (non-hydrogen) atoms. The van der Waals surface area contributed by atoms with Gasteiger partial charge in [-0.1, -0.05) is 17.9 Å². The third-order valence-corrected chi connectivity index (χ3v) is 3.26. The standard InChI is InChI=1S/C21H22N2O4/c1-21(2,3)27-20(25)23-14-18-13-16(10-11-22-18)9-8-15-6-5-7-17(12-15)19(24)26-4/h5-7,10-13H,14H2,1-4H3,(H,23,25). The molecule has 1 heterocycles. The number of hydrogen-bond acceptors (Lipinski definition) is 5. The summed E-state index contributed by atoms with van der Waals surface area (Å²) < 4.78 is 9.90. The second-order valence-electron chi connectivity index (χ2n) is 6.71. The minimum atomic E-state index is -0.552. The molecule has 2 aromatic rings. The fourth-order valence-electron chi connectivity index (χ4n) is 2.12. The third kappa shape index (κ3) is 6.83. The van der Waals surface area contributed by atoms with Gasteiger partial charge in [0, 0.05) is 17.3 Å². The fraction of sp³-hybridized carbons (Fsp3) is 0.286. The van der Waals surface area contributed by atoms with E-state index in [4.69, 9.17) is 9.47 Å². The van der Waals surface area contributed by atoms with Crippen molar-refractivity contribution in [1.82, 2.24) is 10.3 Å². The van der Waals surface area contributed by atoms with Gasteiger partial charge in [0.05, 0.1) is 24.9 Å². The molecule has 0 fully saturated rings. The van der Waals surface area contributed by atoms with Crippen LogP contribution in [0.4, 0.5) is 4.79 Å². The summed E-state index contributed by atoms with van der Waals surface area (Å²) in [6, 6.07) is 10.5. The molecule has 0 aliphatic rings. The Balaban J connectivity index is 2.05. The van der Waals surface area contributed by atoms with Gasteiger partial charge in [0.1, 0.15) is 5.60 Å². The number of alkyl carbamates (subject to hydrolysis) is 1. The van der Waals surface area contributed by atoms with E-state index >= 15 is 0 Å². The zero-order valence-electron chi connectivity index (χ0n) is 15.8. The lowest BCUT2D eigenvalue weighted by molar-refractivity contribution is 0.0521. The first-order valence-corrected chi connectivity index (χ1v) is 8.39. The Morgan fingerprint density at radius 3 is 2.48 bits per heavy atom. The SMILES string of the molecule is COC(=O)c1cccc(C#Cc2ccnc(CNC(=O)OC(C)(C)C)c2)c1. The number of carbonyl (C=O) groups is 2. The molecule has 6 heteroatoms. The molecule has 0 saturated heterocycles. The van der Waals surface area contributed by atoms with Crippen molar-refractivity contribution in [3.63, 3.8) is 0 Å². The lowest BCUT2D eigenvalue weighted by Gasteiger charge is -2.19. The summed E-state index contributed by atoms with van der Waals surface area (Å²) in [5, 5.41) is 2.66. The zero-order valence-corrected chi connectivity index (χ0v) is 15.8. The molecular formula is C21H22N2O4. The number of ether oxygens (including phenoxy) is 2. The highest BCUT2D eigenvalue weighted by Crippen LogP contribution is 2.08. The lowest BCUT2D eigenvalue weighted by atomic mass is 10.1. The number of esters is 1. The Kier molecular flexibility index (Phi) is 6.56. The van der Waals surface area contributed by atoms with E-state index in [0.717, 1.165) is 5.56 Å². The quantitative estimate of drug-likeness (QED) is 0.666. The summed E-state index contributed by atoms with van der Waals surface area (Å²) in [5.74, 6) is 5.63. The number of methoxy groups -OCH3 is 1. The van der Waals surface area contributed by atoms with Gasteiger partial charge in [-0.15, -0.1) is 0 Å². The van der Waals surface area contributed by atoms with Crippen LogP contribution in [0.2, 0.25) is 0 Å². The number of nitrogens with one attached hydrogen (secondary N) is 1. The number of carbonyl (C=O) groups excluding carboxylic acids is 2. The molecule has 1 N–H and O–H groups in total. The van der Waals surface area contributed by atoms with Gasteiger partial charge in [-0.25, -0.2) is 9.59 Å². The van der Waals surface area contributed by atoms with Crippen molar-refractivity contribution in [1.29, 1.82) is 0 Å². The monoisotopic (exact) mass is 366 g/mol. The van der Waals surface area contributed by atoms with Gasteiger partial charge in [-0.2, -0.15) is 0 Å². The van der Waals surface area contributed by atoms with E-state index in [9.17, 15) is 9.59 Å². The first kappa shape index (κ1) is 20.0. The van der Waals surface area contributed by atoms with Crippen molar-refractivity contribution in [2.45, 2.75) is 32.9 Å². The predicted octanol–water partition coefficient (Wildman–Crippen LogP) is 3.29. The van der Waals surface area contributed by atoms with Crippen molar-refractivity contribution in [3.8, 4) is 11.8 Å². The highest BCUT2D eigenvalue weighted by molar-refractivity contribution is 5.89. The number of hydrogen-bond donors (Lipinski definition) is 1. The Bertz CT molecular complexity index is 889. The van der Waals surface area contributed by atoms with Crippen LogP contribution < -0.4 is 5.32 Å². The van der Waals surface area contributed by atoms with Gasteiger partial charge in [-0.05, 0) is 51.1 Å². The van der Waals surface area contributed by atoms with Crippen LogP contribution in [0.5, 0.6) is 0 Å². The maximum atomic E-state index is 11.7. The fourth-order valence-corrected chi connectivity index (χ4v) is 2.12. The van der Waals surface area contributed by atoms with Crippen LogP contribution in [0.15, 0.2) is 42.6 Å². The maximum Gasteiger partial charge on any atom is 0.407 e. The summed E-state index contributed by atoms with van der Waals surface area (Å²) in [7, 11) is 1.34. The molecule has 0 aliphatic heterocycles. The van der Waals surface area contributed by atoms with Gasteiger partial charge >= 0.3 is 12.1 Å². The smallest absolute Gasteiger partial charge is 0.407 e. The molecule has 1 aromatic heterocycles. The minimum absolute atomic E-state index is 0.238. The molecule has 0 bridgehead atoms. The molecule has 0 aliphatic carbocycles. The van der Waals surface area contributed by atoms with Gasteiger partial charge in [0.2, 0.25) is 0 Å². The van der Waals surface area contributed by atoms with E-state index in [1.165, 1.54) is 7.11 Å². The largest absolute Gasteiger partial charge is 0.465 e. The molecule has 0 unspecified atom stereocenters. The van der Waals surface area contributed by atoms with Crippen molar-refractivity contribution in [2.24, 2.45) is 0 Å². The van der Waals surface area contributed by atoms with E-state index in [1.54, 1.807) is 57.3 Å². The van der Waals surface area contributed by atoms with Crippen LogP contribution in [0, 0.1) is 11.8 Å². The zero-order chi connectivity index (χ0) is 19.9. The highest BCUT2D eigenvalue weighted by atomic mass is 16.6.